The molecule has 1 fully saturated rings. The Labute approximate surface area is 117 Å². The predicted molar refractivity (Wildman–Crippen MR) is 79.9 cm³/mol. The van der Waals surface area contributed by atoms with Gasteiger partial charge in [0.2, 0.25) is 0 Å². The fraction of sp³-hybridized carbons (Fsp3) is 0.867. The van der Waals surface area contributed by atoms with Crippen LogP contribution in [0.3, 0.4) is 0 Å². The van der Waals surface area contributed by atoms with Crippen LogP contribution in [0.25, 0.3) is 0 Å². The first-order chi connectivity index (χ1) is 8.92. The molecule has 4 heteroatoms. The van der Waals surface area contributed by atoms with E-state index in [9.17, 15) is 8.42 Å². The van der Waals surface area contributed by atoms with Gasteiger partial charge in [-0.05, 0) is 50.0 Å². The fourth-order valence-electron chi connectivity index (χ4n) is 3.77. The van der Waals surface area contributed by atoms with Crippen molar-refractivity contribution in [2.24, 2.45) is 17.8 Å². The maximum Gasteiger partial charge on any atom is 0.154 e. The van der Waals surface area contributed by atoms with Crippen LogP contribution < -0.4 is 5.32 Å². The standard InChI is InChI=1S/C15H27NO2S/c1-4-15(5-2,19(3,17)18)11-16-10-14-9-12-6-7-13(14)8-12/h6-7,12-14,16H,4-5,8-11H2,1-3H3. The van der Waals surface area contributed by atoms with E-state index in [0.717, 1.165) is 18.4 Å². The number of sulfone groups is 1. The van der Waals surface area contributed by atoms with Gasteiger partial charge in [-0.3, -0.25) is 0 Å². The summed E-state index contributed by atoms with van der Waals surface area (Å²) in [5.41, 5.74) is 0. The molecule has 0 aliphatic heterocycles. The van der Waals surface area contributed by atoms with E-state index in [1.807, 2.05) is 13.8 Å². The average Bonchev–Trinajstić information content (AvgIpc) is 2.95. The molecular formula is C15H27NO2S. The van der Waals surface area contributed by atoms with Crippen LogP contribution in [0, 0.1) is 17.8 Å². The van der Waals surface area contributed by atoms with Gasteiger partial charge in [-0.25, -0.2) is 8.42 Å². The number of hydrogen-bond donors (Lipinski definition) is 1. The fourth-order valence-corrected chi connectivity index (χ4v) is 5.18. The lowest BCUT2D eigenvalue weighted by molar-refractivity contribution is 0.384. The molecule has 0 aromatic heterocycles. The first-order valence-corrected chi connectivity index (χ1v) is 9.39. The molecule has 19 heavy (non-hydrogen) atoms. The zero-order chi connectivity index (χ0) is 14.1. The Morgan fingerprint density at radius 3 is 2.32 bits per heavy atom. The summed E-state index contributed by atoms with van der Waals surface area (Å²) in [5.74, 6) is 2.23. The van der Waals surface area contributed by atoms with Crippen molar-refractivity contribution in [3.8, 4) is 0 Å². The molecule has 2 aliphatic rings. The Kier molecular flexibility index (Phi) is 4.41. The number of nitrogens with one attached hydrogen (secondary N) is 1. The Morgan fingerprint density at radius 1 is 1.21 bits per heavy atom. The minimum atomic E-state index is -3.01. The molecular weight excluding hydrogens is 258 g/mol. The van der Waals surface area contributed by atoms with Crippen LogP contribution in [0.2, 0.25) is 0 Å². The van der Waals surface area contributed by atoms with Gasteiger partial charge in [0.05, 0.1) is 4.75 Å². The number of fused-ring (bicyclic) bond motifs is 2. The van der Waals surface area contributed by atoms with E-state index in [1.165, 1.54) is 19.1 Å². The summed E-state index contributed by atoms with van der Waals surface area (Å²) in [6, 6.07) is 0. The van der Waals surface area contributed by atoms with Gasteiger partial charge in [-0.15, -0.1) is 0 Å². The third-order valence-corrected chi connectivity index (χ3v) is 7.64. The maximum atomic E-state index is 12.0. The van der Waals surface area contributed by atoms with E-state index in [2.05, 4.69) is 17.5 Å². The van der Waals surface area contributed by atoms with Crippen molar-refractivity contribution in [1.29, 1.82) is 0 Å². The number of hydrogen-bond acceptors (Lipinski definition) is 3. The smallest absolute Gasteiger partial charge is 0.154 e. The highest BCUT2D eigenvalue weighted by Gasteiger charge is 2.38. The molecule has 3 atom stereocenters. The third-order valence-electron chi connectivity index (χ3n) is 5.35. The second kappa shape index (κ2) is 5.57. The zero-order valence-corrected chi connectivity index (χ0v) is 13.2. The van der Waals surface area contributed by atoms with Gasteiger partial charge in [0.1, 0.15) is 0 Å². The molecule has 0 aromatic carbocycles. The summed E-state index contributed by atoms with van der Waals surface area (Å²) in [7, 11) is -3.01. The van der Waals surface area contributed by atoms with E-state index in [-0.39, 0.29) is 0 Å². The highest BCUT2D eigenvalue weighted by atomic mass is 32.2. The highest BCUT2D eigenvalue weighted by Crippen LogP contribution is 2.43. The lowest BCUT2D eigenvalue weighted by Crippen LogP contribution is -2.47. The Bertz CT molecular complexity index is 437. The first-order valence-electron chi connectivity index (χ1n) is 7.50. The minimum Gasteiger partial charge on any atom is -0.315 e. The summed E-state index contributed by atoms with van der Waals surface area (Å²) >= 11 is 0. The van der Waals surface area contributed by atoms with Gasteiger partial charge in [-0.1, -0.05) is 26.0 Å². The highest BCUT2D eigenvalue weighted by molar-refractivity contribution is 7.92. The molecule has 2 aliphatic carbocycles. The molecule has 2 rings (SSSR count). The van der Waals surface area contributed by atoms with Crippen molar-refractivity contribution in [1.82, 2.24) is 5.32 Å². The summed E-state index contributed by atoms with van der Waals surface area (Å²) < 4.78 is 23.5. The molecule has 1 saturated carbocycles. The van der Waals surface area contributed by atoms with Gasteiger partial charge in [-0.2, -0.15) is 0 Å². The SMILES string of the molecule is CCC(CC)(CNCC1CC2C=CC1C2)S(C)(=O)=O. The topological polar surface area (TPSA) is 46.2 Å². The zero-order valence-electron chi connectivity index (χ0n) is 12.4. The van der Waals surface area contributed by atoms with Crippen LogP contribution in [0.15, 0.2) is 12.2 Å². The van der Waals surface area contributed by atoms with Gasteiger partial charge >= 0.3 is 0 Å². The minimum absolute atomic E-state index is 0.583. The normalized spacial score (nSPS) is 30.2. The number of rotatable bonds is 7. The lowest BCUT2D eigenvalue weighted by atomic mass is 9.93. The Morgan fingerprint density at radius 2 is 1.89 bits per heavy atom. The molecule has 3 nitrogen and oxygen atoms in total. The van der Waals surface area contributed by atoms with Gasteiger partial charge in [0.15, 0.2) is 9.84 Å². The number of allylic oxidation sites excluding steroid dienone is 2. The van der Waals surface area contributed by atoms with E-state index in [4.69, 9.17) is 0 Å². The molecule has 0 radical (unpaired) electrons. The Balaban J connectivity index is 1.88. The summed E-state index contributed by atoms with van der Waals surface area (Å²) in [5, 5.41) is 3.45. The van der Waals surface area contributed by atoms with Gasteiger partial charge < -0.3 is 5.32 Å². The Hall–Kier alpha value is -0.350. The average molecular weight is 285 g/mol. The van der Waals surface area contributed by atoms with Crippen LogP contribution in [0.5, 0.6) is 0 Å². The van der Waals surface area contributed by atoms with Crippen molar-refractivity contribution in [3.05, 3.63) is 12.2 Å². The second-order valence-electron chi connectivity index (χ2n) is 6.33. The molecule has 110 valence electrons. The van der Waals surface area contributed by atoms with E-state index in [0.29, 0.717) is 25.3 Å². The molecule has 3 unspecified atom stereocenters. The van der Waals surface area contributed by atoms with Gasteiger partial charge in [0, 0.05) is 12.8 Å². The van der Waals surface area contributed by atoms with Gasteiger partial charge in [0.25, 0.3) is 0 Å². The summed E-state index contributed by atoms with van der Waals surface area (Å²) in [6.45, 7) is 5.51. The monoisotopic (exact) mass is 285 g/mol. The summed E-state index contributed by atoms with van der Waals surface area (Å²) in [4.78, 5) is 0. The van der Waals surface area contributed by atoms with Crippen LogP contribution in [-0.4, -0.2) is 32.5 Å². The van der Waals surface area contributed by atoms with Crippen molar-refractivity contribution < 1.29 is 8.42 Å². The molecule has 0 aromatic rings. The van der Waals surface area contributed by atoms with Crippen LogP contribution in [0.4, 0.5) is 0 Å². The van der Waals surface area contributed by atoms with E-state index >= 15 is 0 Å². The van der Waals surface area contributed by atoms with Crippen molar-refractivity contribution in [2.45, 2.75) is 44.3 Å². The van der Waals surface area contributed by atoms with E-state index in [1.54, 1.807) is 0 Å². The lowest BCUT2D eigenvalue weighted by Gasteiger charge is -2.31. The third kappa shape index (κ3) is 2.89. The van der Waals surface area contributed by atoms with Crippen molar-refractivity contribution in [3.63, 3.8) is 0 Å². The van der Waals surface area contributed by atoms with Crippen LogP contribution in [-0.2, 0) is 9.84 Å². The molecule has 0 amide bonds. The molecule has 0 spiro atoms. The second-order valence-corrected chi connectivity index (χ2v) is 8.74. The molecule has 2 bridgehead atoms. The first kappa shape index (κ1) is 15.0. The van der Waals surface area contributed by atoms with Crippen LogP contribution in [0.1, 0.15) is 39.5 Å². The molecule has 1 N–H and O–H groups in total. The largest absolute Gasteiger partial charge is 0.315 e. The predicted octanol–water partition coefficient (Wildman–Crippen LogP) is 2.39. The molecule has 0 saturated heterocycles. The van der Waals surface area contributed by atoms with Crippen molar-refractivity contribution >= 4 is 9.84 Å². The summed E-state index contributed by atoms with van der Waals surface area (Å²) in [6.07, 6.45) is 10.0. The maximum absolute atomic E-state index is 12.0. The molecule has 0 heterocycles. The van der Waals surface area contributed by atoms with Crippen molar-refractivity contribution in [2.75, 3.05) is 19.3 Å². The quantitative estimate of drug-likeness (QED) is 0.731. The van der Waals surface area contributed by atoms with E-state index < -0.39 is 14.6 Å². The van der Waals surface area contributed by atoms with Crippen LogP contribution >= 0.6 is 0 Å².